The lowest BCUT2D eigenvalue weighted by Gasteiger charge is -2.34. The molecule has 0 spiro atoms. The number of rotatable bonds is 6. The highest BCUT2D eigenvalue weighted by Gasteiger charge is 2.29. The molecule has 0 saturated carbocycles. The van der Waals surface area contributed by atoms with Crippen molar-refractivity contribution in [3.05, 3.63) is 79.0 Å². The van der Waals surface area contributed by atoms with E-state index in [-0.39, 0.29) is 4.90 Å². The lowest BCUT2D eigenvalue weighted by Crippen LogP contribution is -2.49. The van der Waals surface area contributed by atoms with Crippen LogP contribution in [0.15, 0.2) is 78.1 Å². The van der Waals surface area contributed by atoms with Gasteiger partial charge in [0.2, 0.25) is 10.0 Å². The van der Waals surface area contributed by atoms with Crippen molar-refractivity contribution in [1.82, 2.24) is 29.0 Å². The maximum absolute atomic E-state index is 13.2. The molecule has 0 amide bonds. The SMILES string of the molecule is Cc1nc(Nc2ccccn2)cc(N2CCN(S(=O)(=O)c3ccc(-n4cccn4)cc3)CC2)n1. The topological polar surface area (TPSA) is 109 Å². The summed E-state index contributed by atoms with van der Waals surface area (Å²) in [5.41, 5.74) is 0.808. The van der Waals surface area contributed by atoms with Crippen LogP contribution in [0.25, 0.3) is 5.69 Å². The molecule has 0 aliphatic carbocycles. The zero-order valence-corrected chi connectivity index (χ0v) is 19.4. The first kappa shape index (κ1) is 22.0. The third-order valence-corrected chi connectivity index (χ3v) is 7.46. The Labute approximate surface area is 198 Å². The molecule has 5 rings (SSSR count). The lowest BCUT2D eigenvalue weighted by molar-refractivity contribution is 0.383. The molecule has 174 valence electrons. The molecule has 1 aliphatic heterocycles. The second-order valence-electron chi connectivity index (χ2n) is 7.83. The Balaban J connectivity index is 1.27. The van der Waals surface area contributed by atoms with Crippen molar-refractivity contribution in [2.45, 2.75) is 11.8 Å². The van der Waals surface area contributed by atoms with Gasteiger partial charge in [-0.15, -0.1) is 0 Å². The molecule has 10 nitrogen and oxygen atoms in total. The van der Waals surface area contributed by atoms with E-state index in [2.05, 4.69) is 30.3 Å². The van der Waals surface area contributed by atoms with Crippen LogP contribution >= 0.6 is 0 Å². The summed E-state index contributed by atoms with van der Waals surface area (Å²) in [6.07, 6.45) is 5.21. The molecule has 34 heavy (non-hydrogen) atoms. The summed E-state index contributed by atoms with van der Waals surface area (Å²) >= 11 is 0. The smallest absolute Gasteiger partial charge is 0.243 e. The van der Waals surface area contributed by atoms with E-state index in [4.69, 9.17) is 0 Å². The maximum atomic E-state index is 13.2. The molecule has 0 atom stereocenters. The maximum Gasteiger partial charge on any atom is 0.243 e. The molecular weight excluding hydrogens is 452 g/mol. The molecule has 1 aliphatic rings. The largest absolute Gasteiger partial charge is 0.354 e. The zero-order chi connectivity index (χ0) is 23.5. The average molecular weight is 477 g/mol. The minimum atomic E-state index is -3.59. The Kier molecular flexibility index (Phi) is 5.95. The number of aromatic nitrogens is 5. The van der Waals surface area contributed by atoms with E-state index in [1.54, 1.807) is 41.3 Å². The van der Waals surface area contributed by atoms with Crippen LogP contribution in [-0.4, -0.2) is 63.6 Å². The highest BCUT2D eigenvalue weighted by atomic mass is 32.2. The van der Waals surface area contributed by atoms with E-state index in [1.807, 2.05) is 43.5 Å². The minimum Gasteiger partial charge on any atom is -0.354 e. The second-order valence-corrected chi connectivity index (χ2v) is 9.77. The third-order valence-electron chi connectivity index (χ3n) is 5.55. The van der Waals surface area contributed by atoms with Gasteiger partial charge < -0.3 is 10.2 Å². The summed E-state index contributed by atoms with van der Waals surface area (Å²) < 4.78 is 29.6. The van der Waals surface area contributed by atoms with Gasteiger partial charge in [0, 0.05) is 50.8 Å². The van der Waals surface area contributed by atoms with Crippen LogP contribution in [0.1, 0.15) is 5.82 Å². The van der Waals surface area contributed by atoms with Crippen molar-refractivity contribution in [2.75, 3.05) is 36.4 Å². The van der Waals surface area contributed by atoms with Crippen LogP contribution in [0.4, 0.5) is 17.5 Å². The number of anilines is 3. The van der Waals surface area contributed by atoms with Crippen LogP contribution in [-0.2, 0) is 10.0 Å². The number of hydrogen-bond acceptors (Lipinski definition) is 8. The van der Waals surface area contributed by atoms with Crippen molar-refractivity contribution in [3.8, 4) is 5.69 Å². The predicted molar refractivity (Wildman–Crippen MR) is 129 cm³/mol. The minimum absolute atomic E-state index is 0.275. The van der Waals surface area contributed by atoms with Crippen molar-refractivity contribution in [3.63, 3.8) is 0 Å². The Morgan fingerprint density at radius 3 is 2.35 bits per heavy atom. The van der Waals surface area contributed by atoms with E-state index in [1.165, 1.54) is 4.31 Å². The predicted octanol–water partition coefficient (Wildman–Crippen LogP) is 2.62. The van der Waals surface area contributed by atoms with Crippen LogP contribution in [0.2, 0.25) is 0 Å². The quantitative estimate of drug-likeness (QED) is 0.452. The monoisotopic (exact) mass is 476 g/mol. The fourth-order valence-electron chi connectivity index (χ4n) is 3.84. The van der Waals surface area contributed by atoms with Gasteiger partial charge in [-0.05, 0) is 49.4 Å². The first-order chi connectivity index (χ1) is 16.5. The molecule has 1 saturated heterocycles. The van der Waals surface area contributed by atoms with E-state index in [9.17, 15) is 8.42 Å². The molecule has 0 bridgehead atoms. The summed E-state index contributed by atoms with van der Waals surface area (Å²) in [5, 5.41) is 7.37. The highest BCUT2D eigenvalue weighted by molar-refractivity contribution is 7.89. The summed E-state index contributed by atoms with van der Waals surface area (Å²) in [4.78, 5) is 15.6. The molecule has 11 heteroatoms. The van der Waals surface area contributed by atoms with Gasteiger partial charge in [0.15, 0.2) is 0 Å². The van der Waals surface area contributed by atoms with Crippen molar-refractivity contribution in [2.24, 2.45) is 0 Å². The summed E-state index contributed by atoms with van der Waals surface area (Å²) in [6, 6.07) is 16.1. The van der Waals surface area contributed by atoms with Gasteiger partial charge >= 0.3 is 0 Å². The number of hydrogen-bond donors (Lipinski definition) is 1. The van der Waals surface area contributed by atoms with Crippen molar-refractivity contribution in [1.29, 1.82) is 0 Å². The average Bonchev–Trinajstić information content (AvgIpc) is 3.40. The van der Waals surface area contributed by atoms with E-state index < -0.39 is 10.0 Å². The fraction of sp³-hybridized carbons (Fsp3) is 0.217. The number of benzene rings is 1. The Morgan fingerprint density at radius 2 is 1.68 bits per heavy atom. The molecule has 3 aromatic heterocycles. The molecular formula is C23H24N8O2S. The second kappa shape index (κ2) is 9.20. The van der Waals surface area contributed by atoms with Crippen molar-refractivity contribution >= 4 is 27.5 Å². The zero-order valence-electron chi connectivity index (χ0n) is 18.6. The van der Waals surface area contributed by atoms with Crippen LogP contribution < -0.4 is 10.2 Å². The van der Waals surface area contributed by atoms with Crippen LogP contribution in [0, 0.1) is 6.92 Å². The highest BCUT2D eigenvalue weighted by Crippen LogP contribution is 2.23. The number of piperazine rings is 1. The third kappa shape index (κ3) is 4.61. The van der Waals surface area contributed by atoms with Crippen molar-refractivity contribution < 1.29 is 8.42 Å². The van der Waals surface area contributed by atoms with Crippen LogP contribution in [0.3, 0.4) is 0 Å². The summed E-state index contributed by atoms with van der Waals surface area (Å²) in [7, 11) is -3.59. The molecule has 4 heterocycles. The Bertz CT molecular complexity index is 1350. The number of aryl methyl sites for hydroxylation is 1. The Hall–Kier alpha value is -3.83. The fourth-order valence-corrected chi connectivity index (χ4v) is 5.27. The van der Waals surface area contributed by atoms with Gasteiger partial charge in [-0.1, -0.05) is 6.07 Å². The number of pyridine rings is 1. The van der Waals surface area contributed by atoms with Gasteiger partial charge in [0.1, 0.15) is 23.3 Å². The van der Waals surface area contributed by atoms with E-state index in [0.717, 1.165) is 11.5 Å². The summed E-state index contributed by atoms with van der Waals surface area (Å²) in [5.74, 6) is 2.73. The van der Waals surface area contributed by atoms with E-state index in [0.29, 0.717) is 43.6 Å². The first-order valence-corrected chi connectivity index (χ1v) is 12.3. The Morgan fingerprint density at radius 1 is 0.882 bits per heavy atom. The summed E-state index contributed by atoms with van der Waals surface area (Å²) in [6.45, 7) is 3.64. The van der Waals surface area contributed by atoms with Gasteiger partial charge in [-0.3, -0.25) is 0 Å². The normalized spacial score (nSPS) is 14.8. The lowest BCUT2D eigenvalue weighted by atomic mass is 10.3. The van der Waals surface area contributed by atoms with E-state index >= 15 is 0 Å². The molecule has 1 fully saturated rings. The number of sulfonamides is 1. The number of nitrogens with one attached hydrogen (secondary N) is 1. The molecule has 1 aromatic carbocycles. The molecule has 0 unspecified atom stereocenters. The molecule has 4 aromatic rings. The van der Waals surface area contributed by atoms with Gasteiger partial charge in [-0.2, -0.15) is 9.40 Å². The van der Waals surface area contributed by atoms with Crippen LogP contribution in [0.5, 0.6) is 0 Å². The standard InChI is InChI=1S/C23H24N8O2S/c1-18-26-22(28-21-5-2-3-10-24-21)17-23(27-18)29-13-15-30(16-14-29)34(32,33)20-8-6-19(7-9-20)31-12-4-11-25-31/h2-12,17H,13-16H2,1H3,(H,24,26,27,28). The van der Waals surface area contributed by atoms with Gasteiger partial charge in [-0.25, -0.2) is 28.1 Å². The molecule has 0 radical (unpaired) electrons. The number of nitrogens with zero attached hydrogens (tertiary/aromatic N) is 7. The van der Waals surface area contributed by atoms with Gasteiger partial charge in [0.05, 0.1) is 10.6 Å². The van der Waals surface area contributed by atoms with Gasteiger partial charge in [0.25, 0.3) is 0 Å². The molecule has 1 N–H and O–H groups in total. The first-order valence-electron chi connectivity index (χ1n) is 10.9.